The van der Waals surface area contributed by atoms with Crippen molar-refractivity contribution in [3.8, 4) is 0 Å². The van der Waals surface area contributed by atoms with Crippen LogP contribution in [-0.2, 0) is 23.8 Å². The molecule has 0 aliphatic carbocycles. The average molecular weight is 280 g/mol. The number of aryl methyl sites for hydroxylation is 2. The van der Waals surface area contributed by atoms with E-state index in [1.54, 1.807) is 23.0 Å². The van der Waals surface area contributed by atoms with E-state index in [1.165, 1.54) is 18.5 Å². The molecule has 19 heavy (non-hydrogen) atoms. The molecule has 0 spiro atoms. The van der Waals surface area contributed by atoms with Crippen molar-refractivity contribution in [1.82, 2.24) is 14.8 Å². The van der Waals surface area contributed by atoms with Gasteiger partial charge in [0.05, 0.1) is 15.7 Å². The number of benzene rings is 1. The molecular formula is C11H12N4O3S. The first-order valence-corrected chi connectivity index (χ1v) is 7.08. The fourth-order valence-electron chi connectivity index (χ4n) is 1.65. The topological polar surface area (TPSA) is 90.9 Å². The Morgan fingerprint density at radius 1 is 1.37 bits per heavy atom. The maximum Gasteiger partial charge on any atom is 0.269 e. The highest BCUT2D eigenvalue weighted by atomic mass is 32.2. The summed E-state index contributed by atoms with van der Waals surface area (Å²) in [5, 5.41) is 18.5. The smallest absolute Gasteiger partial charge is 0.269 e. The SMILES string of the molecule is C[S@@](=O)c1nncn1CCc1ccc([N+](=O)[O-])cc1. The molecule has 1 heterocycles. The Morgan fingerprint density at radius 2 is 2.05 bits per heavy atom. The van der Waals surface area contributed by atoms with Crippen molar-refractivity contribution in [3.05, 3.63) is 46.3 Å². The quantitative estimate of drug-likeness (QED) is 0.605. The normalized spacial score (nSPS) is 12.3. The van der Waals surface area contributed by atoms with Crippen LogP contribution in [-0.4, -0.2) is 30.2 Å². The van der Waals surface area contributed by atoms with Gasteiger partial charge in [-0.3, -0.25) is 14.3 Å². The summed E-state index contributed by atoms with van der Waals surface area (Å²) in [6.45, 7) is 0.583. The largest absolute Gasteiger partial charge is 0.306 e. The van der Waals surface area contributed by atoms with Crippen LogP contribution in [0.1, 0.15) is 5.56 Å². The summed E-state index contributed by atoms with van der Waals surface area (Å²) in [5.41, 5.74) is 1.04. The number of nitro benzene ring substituents is 1. The van der Waals surface area contributed by atoms with E-state index >= 15 is 0 Å². The molecule has 0 aliphatic heterocycles. The molecule has 0 saturated carbocycles. The van der Waals surface area contributed by atoms with Gasteiger partial charge in [-0.25, -0.2) is 0 Å². The number of non-ortho nitro benzene ring substituents is 1. The zero-order chi connectivity index (χ0) is 13.8. The molecule has 1 atom stereocenters. The Labute approximate surface area is 111 Å². The van der Waals surface area contributed by atoms with Gasteiger partial charge in [0.2, 0.25) is 5.16 Å². The molecule has 2 aromatic rings. The molecule has 100 valence electrons. The second-order valence-corrected chi connectivity index (χ2v) is 5.21. The number of rotatable bonds is 5. The lowest BCUT2D eigenvalue weighted by atomic mass is 10.1. The fraction of sp³-hybridized carbons (Fsp3) is 0.273. The van der Waals surface area contributed by atoms with Crippen molar-refractivity contribution in [2.45, 2.75) is 18.1 Å². The van der Waals surface area contributed by atoms with E-state index in [2.05, 4.69) is 10.2 Å². The lowest BCUT2D eigenvalue weighted by Crippen LogP contribution is -2.06. The van der Waals surface area contributed by atoms with Crippen LogP contribution in [0.15, 0.2) is 35.7 Å². The van der Waals surface area contributed by atoms with Gasteiger partial charge in [-0.05, 0) is 12.0 Å². The van der Waals surface area contributed by atoms with Gasteiger partial charge >= 0.3 is 0 Å². The number of nitrogens with zero attached hydrogens (tertiary/aromatic N) is 4. The lowest BCUT2D eigenvalue weighted by Gasteiger charge is -2.04. The van der Waals surface area contributed by atoms with E-state index in [0.29, 0.717) is 18.1 Å². The van der Waals surface area contributed by atoms with Gasteiger partial charge in [-0.2, -0.15) is 0 Å². The second-order valence-electron chi connectivity index (χ2n) is 3.93. The Hall–Kier alpha value is -2.09. The summed E-state index contributed by atoms with van der Waals surface area (Å²) < 4.78 is 13.1. The minimum Gasteiger partial charge on any atom is -0.306 e. The van der Waals surface area contributed by atoms with Crippen LogP contribution in [0, 0.1) is 10.1 Å². The maximum atomic E-state index is 11.4. The molecule has 0 saturated heterocycles. The van der Waals surface area contributed by atoms with Crippen molar-refractivity contribution in [1.29, 1.82) is 0 Å². The minimum absolute atomic E-state index is 0.0726. The molecule has 0 bridgehead atoms. The van der Waals surface area contributed by atoms with Gasteiger partial charge in [0, 0.05) is 24.9 Å². The minimum atomic E-state index is -1.18. The third kappa shape index (κ3) is 3.22. The van der Waals surface area contributed by atoms with Crippen LogP contribution in [0.4, 0.5) is 5.69 Å². The fourth-order valence-corrected chi connectivity index (χ4v) is 2.29. The van der Waals surface area contributed by atoms with Crippen molar-refractivity contribution in [3.63, 3.8) is 0 Å². The van der Waals surface area contributed by atoms with Crippen molar-refractivity contribution < 1.29 is 9.13 Å². The first-order valence-electron chi connectivity index (χ1n) is 5.52. The summed E-state index contributed by atoms with van der Waals surface area (Å²) in [4.78, 5) is 10.1. The summed E-state index contributed by atoms with van der Waals surface area (Å²) in [6, 6.07) is 6.37. The van der Waals surface area contributed by atoms with Crippen LogP contribution in [0.25, 0.3) is 0 Å². The summed E-state index contributed by atoms with van der Waals surface area (Å²) in [5.74, 6) is 0. The molecular weight excluding hydrogens is 268 g/mol. The average Bonchev–Trinajstić information content (AvgIpc) is 2.85. The first kappa shape index (κ1) is 13.3. The standard InChI is InChI=1S/C11H12N4O3S/c1-19(18)11-13-12-8-14(11)7-6-9-2-4-10(5-3-9)15(16)17/h2-5,8H,6-7H2,1H3/t19-/m1/s1. The molecule has 0 radical (unpaired) electrons. The van der Waals surface area contributed by atoms with Crippen LogP contribution in [0.2, 0.25) is 0 Å². The highest BCUT2D eigenvalue weighted by molar-refractivity contribution is 7.84. The van der Waals surface area contributed by atoms with Gasteiger partial charge in [0.1, 0.15) is 6.33 Å². The third-order valence-electron chi connectivity index (χ3n) is 2.63. The van der Waals surface area contributed by atoms with E-state index in [-0.39, 0.29) is 5.69 Å². The zero-order valence-corrected chi connectivity index (χ0v) is 11.0. The zero-order valence-electron chi connectivity index (χ0n) is 10.2. The van der Waals surface area contributed by atoms with Crippen LogP contribution in [0.3, 0.4) is 0 Å². The number of hydrogen-bond acceptors (Lipinski definition) is 5. The number of hydrogen-bond donors (Lipinski definition) is 0. The van der Waals surface area contributed by atoms with E-state index in [1.807, 2.05) is 0 Å². The van der Waals surface area contributed by atoms with E-state index in [9.17, 15) is 14.3 Å². The molecule has 0 amide bonds. The molecule has 0 unspecified atom stereocenters. The van der Waals surface area contributed by atoms with Gasteiger partial charge < -0.3 is 4.57 Å². The van der Waals surface area contributed by atoms with Gasteiger partial charge in [-0.15, -0.1) is 10.2 Å². The summed E-state index contributed by atoms with van der Waals surface area (Å²) in [7, 11) is -1.18. The van der Waals surface area contributed by atoms with Crippen molar-refractivity contribution >= 4 is 16.5 Å². The molecule has 1 aromatic heterocycles. The molecule has 1 aromatic carbocycles. The van der Waals surface area contributed by atoms with Crippen LogP contribution in [0.5, 0.6) is 0 Å². The summed E-state index contributed by atoms with van der Waals surface area (Å²) in [6.07, 6.45) is 3.74. The Balaban J connectivity index is 2.04. The van der Waals surface area contributed by atoms with E-state index in [4.69, 9.17) is 0 Å². The van der Waals surface area contributed by atoms with Crippen LogP contribution >= 0.6 is 0 Å². The van der Waals surface area contributed by atoms with E-state index in [0.717, 1.165) is 5.56 Å². The lowest BCUT2D eigenvalue weighted by molar-refractivity contribution is -0.384. The van der Waals surface area contributed by atoms with Crippen molar-refractivity contribution in [2.75, 3.05) is 6.26 Å². The third-order valence-corrected chi connectivity index (χ3v) is 3.46. The number of nitro groups is 1. The molecule has 0 N–H and O–H groups in total. The second kappa shape index (κ2) is 5.70. The van der Waals surface area contributed by atoms with Gasteiger partial charge in [0.15, 0.2) is 0 Å². The molecule has 8 heteroatoms. The Morgan fingerprint density at radius 3 is 2.63 bits per heavy atom. The Kier molecular flexibility index (Phi) is 4.00. The van der Waals surface area contributed by atoms with Crippen LogP contribution < -0.4 is 0 Å². The predicted molar refractivity (Wildman–Crippen MR) is 69.2 cm³/mol. The highest BCUT2D eigenvalue weighted by Crippen LogP contribution is 2.13. The van der Waals surface area contributed by atoms with E-state index < -0.39 is 15.7 Å². The predicted octanol–water partition coefficient (Wildman–Crippen LogP) is 1.17. The van der Waals surface area contributed by atoms with Crippen molar-refractivity contribution in [2.24, 2.45) is 0 Å². The van der Waals surface area contributed by atoms with Gasteiger partial charge in [0.25, 0.3) is 5.69 Å². The highest BCUT2D eigenvalue weighted by Gasteiger charge is 2.08. The molecule has 7 nitrogen and oxygen atoms in total. The Bertz CT molecular complexity index is 609. The number of aromatic nitrogens is 3. The first-order chi connectivity index (χ1) is 9.08. The molecule has 0 aliphatic rings. The molecule has 0 fully saturated rings. The summed E-state index contributed by atoms with van der Waals surface area (Å²) >= 11 is 0. The van der Waals surface area contributed by atoms with Gasteiger partial charge in [-0.1, -0.05) is 12.1 Å². The molecule has 2 rings (SSSR count). The monoisotopic (exact) mass is 280 g/mol. The maximum absolute atomic E-state index is 11.4.